The number of ether oxygens (including phenoxy) is 1. The second-order valence-electron chi connectivity index (χ2n) is 4.49. The summed E-state index contributed by atoms with van der Waals surface area (Å²) in [7, 11) is 0.613. The molecule has 0 aromatic heterocycles. The van der Waals surface area contributed by atoms with E-state index in [1.54, 1.807) is 6.07 Å². The Hall–Kier alpha value is -0.940. The lowest BCUT2D eigenvalue weighted by Gasteiger charge is -2.30. The van der Waals surface area contributed by atoms with Crippen molar-refractivity contribution in [1.29, 1.82) is 0 Å². The maximum atomic E-state index is 13.7. The van der Waals surface area contributed by atoms with E-state index < -0.39 is 10.8 Å². The van der Waals surface area contributed by atoms with Gasteiger partial charge in [0.05, 0.1) is 7.11 Å². The fraction of sp³-hybridized carbons (Fsp3) is 0.538. The van der Waals surface area contributed by atoms with Crippen LogP contribution in [-0.4, -0.2) is 28.9 Å². The molecular weight excluding hydrogens is 253 g/mol. The zero-order valence-electron chi connectivity index (χ0n) is 10.6. The molecule has 3 nitrogen and oxygen atoms in total. The zero-order chi connectivity index (χ0) is 13.1. The predicted molar refractivity (Wildman–Crippen MR) is 70.8 cm³/mol. The molecule has 1 aliphatic rings. The van der Waals surface area contributed by atoms with Crippen LogP contribution in [-0.2, 0) is 10.8 Å². The van der Waals surface area contributed by atoms with E-state index in [0.29, 0.717) is 11.5 Å². The van der Waals surface area contributed by atoms with Crippen molar-refractivity contribution in [2.75, 3.05) is 18.6 Å². The van der Waals surface area contributed by atoms with Crippen molar-refractivity contribution in [1.82, 2.24) is 5.32 Å². The normalized spacial score (nSPS) is 28.1. The van der Waals surface area contributed by atoms with Gasteiger partial charge < -0.3 is 10.1 Å². The number of methoxy groups -OCH3 is 1. The molecule has 1 heterocycles. The minimum Gasteiger partial charge on any atom is -0.494 e. The van der Waals surface area contributed by atoms with Gasteiger partial charge in [0.15, 0.2) is 11.6 Å². The molecule has 0 bridgehead atoms. The molecule has 3 atom stereocenters. The Balaban J connectivity index is 2.20. The summed E-state index contributed by atoms with van der Waals surface area (Å²) in [5.41, 5.74) is 0.833. The van der Waals surface area contributed by atoms with Crippen LogP contribution < -0.4 is 10.1 Å². The van der Waals surface area contributed by atoms with Crippen LogP contribution in [0.2, 0.25) is 0 Å². The fourth-order valence-electron chi connectivity index (χ4n) is 2.19. The molecule has 0 spiro atoms. The van der Waals surface area contributed by atoms with Crippen LogP contribution in [0, 0.1) is 5.82 Å². The Morgan fingerprint density at radius 2 is 2.28 bits per heavy atom. The third-order valence-electron chi connectivity index (χ3n) is 3.25. The van der Waals surface area contributed by atoms with Crippen molar-refractivity contribution in [2.45, 2.75) is 25.4 Å². The van der Waals surface area contributed by atoms with Gasteiger partial charge in [-0.25, -0.2) is 4.39 Å². The average molecular weight is 271 g/mol. The van der Waals surface area contributed by atoms with Crippen molar-refractivity contribution in [2.24, 2.45) is 0 Å². The summed E-state index contributed by atoms with van der Waals surface area (Å²) in [5, 5.41) is 3.41. The Kier molecular flexibility index (Phi) is 4.35. The summed E-state index contributed by atoms with van der Waals surface area (Å²) in [6.07, 6.45) is 0.931. The Morgan fingerprint density at radius 3 is 2.89 bits per heavy atom. The van der Waals surface area contributed by atoms with E-state index in [2.05, 4.69) is 12.2 Å². The topological polar surface area (TPSA) is 38.3 Å². The smallest absolute Gasteiger partial charge is 0.165 e. The summed E-state index contributed by atoms with van der Waals surface area (Å²) in [6.45, 7) is 2.06. The third kappa shape index (κ3) is 2.90. The molecule has 1 fully saturated rings. The van der Waals surface area contributed by atoms with Gasteiger partial charge in [-0.05, 0) is 24.1 Å². The van der Waals surface area contributed by atoms with Gasteiger partial charge in [0.25, 0.3) is 0 Å². The van der Waals surface area contributed by atoms with E-state index in [1.807, 2.05) is 6.07 Å². The molecule has 0 amide bonds. The monoisotopic (exact) mass is 271 g/mol. The molecule has 0 aliphatic carbocycles. The van der Waals surface area contributed by atoms with Gasteiger partial charge in [-0.3, -0.25) is 4.21 Å². The quantitative estimate of drug-likeness (QED) is 0.914. The van der Waals surface area contributed by atoms with Crippen molar-refractivity contribution in [3.63, 3.8) is 0 Å². The van der Waals surface area contributed by atoms with Gasteiger partial charge in [-0.1, -0.05) is 13.0 Å². The Bertz CT molecular complexity index is 453. The van der Waals surface area contributed by atoms with E-state index in [1.165, 1.54) is 13.2 Å². The summed E-state index contributed by atoms with van der Waals surface area (Å²) < 4.78 is 30.3. The van der Waals surface area contributed by atoms with Crippen LogP contribution in [0.4, 0.5) is 4.39 Å². The maximum absolute atomic E-state index is 13.7. The molecular formula is C13H18FNO2S. The van der Waals surface area contributed by atoms with Gasteiger partial charge in [0.1, 0.15) is 0 Å². The summed E-state index contributed by atoms with van der Waals surface area (Å²) in [6, 6.07) is 5.12. The van der Waals surface area contributed by atoms with E-state index in [4.69, 9.17) is 4.74 Å². The average Bonchev–Trinajstić information content (AvgIpc) is 2.37. The predicted octanol–water partition coefficient (Wildman–Crippen LogP) is 2.01. The van der Waals surface area contributed by atoms with Crippen LogP contribution in [0.15, 0.2) is 18.2 Å². The number of nitrogens with one attached hydrogen (secondary N) is 1. The van der Waals surface area contributed by atoms with Crippen LogP contribution in [0.1, 0.15) is 24.9 Å². The first-order valence-corrected chi connectivity index (χ1v) is 7.57. The number of benzene rings is 1. The molecule has 1 saturated heterocycles. The minimum absolute atomic E-state index is 0.0371. The minimum atomic E-state index is -0.831. The highest BCUT2D eigenvalue weighted by Gasteiger charge is 2.26. The second kappa shape index (κ2) is 5.80. The molecule has 2 rings (SSSR count). The highest BCUT2D eigenvalue weighted by Crippen LogP contribution is 2.25. The molecule has 1 N–H and O–H groups in total. The van der Waals surface area contributed by atoms with Crippen molar-refractivity contribution in [3.8, 4) is 5.75 Å². The second-order valence-corrected chi connectivity index (χ2v) is 6.04. The Morgan fingerprint density at radius 1 is 1.50 bits per heavy atom. The van der Waals surface area contributed by atoms with Gasteiger partial charge in [-0.15, -0.1) is 0 Å². The third-order valence-corrected chi connectivity index (χ3v) is 4.73. The van der Waals surface area contributed by atoms with Crippen molar-refractivity contribution in [3.05, 3.63) is 29.6 Å². The molecule has 5 heteroatoms. The molecule has 0 saturated carbocycles. The summed E-state index contributed by atoms with van der Waals surface area (Å²) in [4.78, 5) is 0. The van der Waals surface area contributed by atoms with Crippen LogP contribution in [0.25, 0.3) is 0 Å². The molecule has 1 aromatic rings. The SMILES string of the molecule is CCC1CS(=O)CC(c2ccc(OC)c(F)c2)N1. The largest absolute Gasteiger partial charge is 0.494 e. The molecule has 3 unspecified atom stereocenters. The molecule has 18 heavy (non-hydrogen) atoms. The first kappa shape index (κ1) is 13.5. The molecule has 100 valence electrons. The zero-order valence-corrected chi connectivity index (χ0v) is 11.4. The van der Waals surface area contributed by atoms with Gasteiger partial charge in [-0.2, -0.15) is 0 Å². The first-order chi connectivity index (χ1) is 8.63. The number of hydrogen-bond acceptors (Lipinski definition) is 3. The highest BCUT2D eigenvalue weighted by molar-refractivity contribution is 7.85. The van der Waals surface area contributed by atoms with Gasteiger partial charge in [0, 0.05) is 34.4 Å². The van der Waals surface area contributed by atoms with Crippen LogP contribution >= 0.6 is 0 Å². The van der Waals surface area contributed by atoms with Gasteiger partial charge >= 0.3 is 0 Å². The first-order valence-electron chi connectivity index (χ1n) is 6.08. The fourth-order valence-corrected chi connectivity index (χ4v) is 3.76. The van der Waals surface area contributed by atoms with E-state index in [9.17, 15) is 8.60 Å². The van der Waals surface area contributed by atoms with E-state index in [-0.39, 0.29) is 23.7 Å². The highest BCUT2D eigenvalue weighted by atomic mass is 32.2. The number of halogens is 1. The van der Waals surface area contributed by atoms with Crippen LogP contribution in [0.3, 0.4) is 0 Å². The van der Waals surface area contributed by atoms with E-state index >= 15 is 0 Å². The molecule has 1 aliphatic heterocycles. The van der Waals surface area contributed by atoms with Crippen molar-refractivity contribution >= 4 is 10.8 Å². The van der Waals surface area contributed by atoms with Crippen molar-refractivity contribution < 1.29 is 13.3 Å². The maximum Gasteiger partial charge on any atom is 0.165 e. The lowest BCUT2D eigenvalue weighted by Crippen LogP contribution is -2.44. The van der Waals surface area contributed by atoms with Crippen LogP contribution in [0.5, 0.6) is 5.75 Å². The standard InChI is InChI=1S/C13H18FNO2S/c1-3-10-7-18(16)8-12(15-10)9-4-5-13(17-2)11(14)6-9/h4-6,10,12,15H,3,7-8H2,1-2H3. The lowest BCUT2D eigenvalue weighted by molar-refractivity contribution is 0.384. The van der Waals surface area contributed by atoms with Gasteiger partial charge in [0.2, 0.25) is 0 Å². The lowest BCUT2D eigenvalue weighted by atomic mass is 10.1. The summed E-state index contributed by atoms with van der Waals surface area (Å²) >= 11 is 0. The molecule has 0 radical (unpaired) electrons. The van der Waals surface area contributed by atoms with E-state index in [0.717, 1.165) is 12.0 Å². The number of hydrogen-bond donors (Lipinski definition) is 1. The number of rotatable bonds is 3. The summed E-state index contributed by atoms with van der Waals surface area (Å²) in [5.74, 6) is 1.09. The molecule has 1 aromatic carbocycles. The Labute approximate surface area is 109 Å².